The molecule has 6 heteroatoms. The number of phenolic OH excluding ortho intramolecular Hbond substituents is 1. The topological polar surface area (TPSA) is 84.9 Å². The van der Waals surface area contributed by atoms with Crippen molar-refractivity contribution in [1.29, 1.82) is 0 Å². The van der Waals surface area contributed by atoms with Crippen molar-refractivity contribution in [2.24, 2.45) is 5.92 Å². The number of methoxy groups -OCH3 is 1. The predicted octanol–water partition coefficient (Wildman–Crippen LogP) is 5.39. The van der Waals surface area contributed by atoms with Crippen LogP contribution in [-0.4, -0.2) is 30.0 Å². The monoisotopic (exact) mass is 535 g/mol. The summed E-state index contributed by atoms with van der Waals surface area (Å²) in [5, 5.41) is 13.9. The number of para-hydroxylation sites is 1. The minimum Gasteiger partial charge on any atom is -0.508 e. The third kappa shape index (κ3) is 4.84. The number of hydrogen-bond donors (Lipinski definition) is 2. The van der Waals surface area contributed by atoms with Crippen LogP contribution in [0, 0.1) is 18.3 Å². The van der Waals surface area contributed by atoms with Crippen LogP contribution in [-0.2, 0) is 26.3 Å². The highest BCUT2D eigenvalue weighted by Crippen LogP contribution is 2.51. The maximum absolute atomic E-state index is 14.1. The van der Waals surface area contributed by atoms with E-state index < -0.39 is 17.3 Å². The lowest BCUT2D eigenvalue weighted by Gasteiger charge is -2.50. The number of rotatable bonds is 6. The Bertz CT molecular complexity index is 1520. The maximum atomic E-state index is 14.1. The lowest BCUT2D eigenvalue weighted by Crippen LogP contribution is -2.59. The van der Waals surface area contributed by atoms with Crippen molar-refractivity contribution in [3.05, 3.63) is 106 Å². The number of allylic oxidation sites excluding steroid dienone is 1. The first kappa shape index (κ1) is 27.1. The Balaban J connectivity index is 1.52. The van der Waals surface area contributed by atoms with Gasteiger partial charge in [0, 0.05) is 29.1 Å². The second-order valence-corrected chi connectivity index (χ2v) is 10.7. The molecule has 1 aliphatic heterocycles. The van der Waals surface area contributed by atoms with E-state index in [1.54, 1.807) is 37.4 Å². The zero-order valence-electron chi connectivity index (χ0n) is 22.9. The second kappa shape index (κ2) is 10.9. The van der Waals surface area contributed by atoms with Crippen molar-refractivity contribution in [2.75, 3.05) is 7.11 Å². The van der Waals surface area contributed by atoms with Crippen LogP contribution in [0.1, 0.15) is 54.9 Å². The molecule has 4 atom stereocenters. The minimum atomic E-state index is -1.02. The molecule has 2 unspecified atom stereocenters. The molecule has 0 radical (unpaired) electrons. The molecule has 0 saturated heterocycles. The molecular weight excluding hydrogens is 502 g/mol. The van der Waals surface area contributed by atoms with E-state index in [9.17, 15) is 14.7 Å². The van der Waals surface area contributed by atoms with E-state index in [1.807, 2.05) is 56.3 Å². The van der Waals surface area contributed by atoms with Crippen LogP contribution in [0.2, 0.25) is 0 Å². The molecular formula is C34H33NO5. The average Bonchev–Trinajstić information content (AvgIpc) is 2.95. The van der Waals surface area contributed by atoms with Crippen molar-refractivity contribution in [3.63, 3.8) is 0 Å². The van der Waals surface area contributed by atoms with Crippen LogP contribution in [0.3, 0.4) is 0 Å². The van der Waals surface area contributed by atoms with E-state index in [0.717, 1.165) is 22.4 Å². The number of aromatic hydroxyl groups is 1. The summed E-state index contributed by atoms with van der Waals surface area (Å²) in [6, 6.07) is 21.7. The smallest absolute Gasteiger partial charge is 0.337 e. The van der Waals surface area contributed by atoms with Crippen LogP contribution in [0.5, 0.6) is 11.5 Å². The molecule has 2 N–H and O–H groups in total. The first-order chi connectivity index (χ1) is 19.3. The molecule has 2 aliphatic rings. The zero-order valence-corrected chi connectivity index (χ0v) is 22.9. The SMILES string of the molecule is C#Cc1ccc(COC(=O)C2=C(C)NC3C[C@@H](c4ccccc4OC)CC(=O)C3[C@@]2(C)c2cccc(O)c2)cc1. The number of benzene rings is 3. The summed E-state index contributed by atoms with van der Waals surface area (Å²) in [6.45, 7) is 3.84. The number of carbonyl (C=O) groups excluding carboxylic acids is 2. The molecule has 204 valence electrons. The molecule has 0 bridgehead atoms. The molecule has 0 spiro atoms. The summed E-state index contributed by atoms with van der Waals surface area (Å²) in [7, 11) is 1.64. The molecule has 1 aliphatic carbocycles. The molecule has 1 saturated carbocycles. The van der Waals surface area contributed by atoms with Gasteiger partial charge in [0.1, 0.15) is 23.9 Å². The Kier molecular flexibility index (Phi) is 7.40. The summed E-state index contributed by atoms with van der Waals surface area (Å²) in [5.41, 5.74) is 3.27. The number of carbonyl (C=O) groups is 2. The van der Waals surface area contributed by atoms with Crippen molar-refractivity contribution < 1.29 is 24.2 Å². The Morgan fingerprint density at radius 1 is 1.12 bits per heavy atom. The Morgan fingerprint density at radius 3 is 2.58 bits per heavy atom. The van der Waals surface area contributed by atoms with Gasteiger partial charge in [0.15, 0.2) is 0 Å². The summed E-state index contributed by atoms with van der Waals surface area (Å²) in [4.78, 5) is 27.9. The number of Topliss-reactive ketones (excluding diaryl/α,β-unsaturated/α-hetero) is 1. The van der Waals surface area contributed by atoms with Crippen LogP contribution < -0.4 is 10.1 Å². The fourth-order valence-electron chi connectivity index (χ4n) is 6.56. The normalized spacial score (nSPS) is 23.9. The van der Waals surface area contributed by atoms with Gasteiger partial charge in [-0.15, -0.1) is 6.42 Å². The lowest BCUT2D eigenvalue weighted by molar-refractivity contribution is -0.142. The highest BCUT2D eigenvalue weighted by Gasteiger charge is 2.55. The fraction of sp³-hybridized carbons (Fsp3) is 0.294. The number of phenols is 1. The largest absolute Gasteiger partial charge is 0.508 e. The van der Waals surface area contributed by atoms with Crippen molar-refractivity contribution >= 4 is 11.8 Å². The van der Waals surface area contributed by atoms with Crippen LogP contribution >= 0.6 is 0 Å². The van der Waals surface area contributed by atoms with Gasteiger partial charge >= 0.3 is 5.97 Å². The molecule has 1 fully saturated rings. The summed E-state index contributed by atoms with van der Waals surface area (Å²) in [6.07, 6.45) is 6.46. The molecule has 0 aromatic heterocycles. The standard InChI is InChI=1S/C34H33NO5/c1-5-22-13-15-23(16-14-22)20-40-33(38)31-21(2)35-28-17-24(27-11-6-7-12-30(27)39-4)18-29(37)32(28)34(31,3)25-9-8-10-26(36)19-25/h1,6-16,19,24,28,32,35-36H,17-18,20H2,2-4H3/t24-,28?,32?,34+/m1/s1. The van der Waals surface area contributed by atoms with E-state index in [0.29, 0.717) is 29.7 Å². The molecule has 6 nitrogen and oxygen atoms in total. The molecule has 5 rings (SSSR count). The molecule has 3 aromatic carbocycles. The van der Waals surface area contributed by atoms with Gasteiger partial charge in [-0.1, -0.05) is 55.3 Å². The predicted molar refractivity (Wildman–Crippen MR) is 153 cm³/mol. The summed E-state index contributed by atoms with van der Waals surface area (Å²) in [5.74, 6) is 2.39. The number of ether oxygens (including phenoxy) is 2. The Labute approximate surface area is 235 Å². The molecule has 40 heavy (non-hydrogen) atoms. The highest BCUT2D eigenvalue weighted by atomic mass is 16.5. The van der Waals surface area contributed by atoms with Gasteiger partial charge in [-0.05, 0) is 66.3 Å². The van der Waals surface area contributed by atoms with Gasteiger partial charge in [0.2, 0.25) is 0 Å². The van der Waals surface area contributed by atoms with E-state index in [-0.39, 0.29) is 30.1 Å². The minimum absolute atomic E-state index is 0.0295. The Hall–Kier alpha value is -4.50. The lowest BCUT2D eigenvalue weighted by atomic mass is 9.56. The Morgan fingerprint density at radius 2 is 1.88 bits per heavy atom. The van der Waals surface area contributed by atoms with Crippen LogP contribution in [0.4, 0.5) is 0 Å². The number of esters is 1. The van der Waals surface area contributed by atoms with Crippen LogP contribution in [0.25, 0.3) is 0 Å². The molecule has 0 amide bonds. The molecule has 3 aromatic rings. The summed E-state index contributed by atoms with van der Waals surface area (Å²) >= 11 is 0. The number of nitrogens with one attached hydrogen (secondary N) is 1. The van der Waals surface area contributed by atoms with Gasteiger partial charge < -0.3 is 19.9 Å². The number of hydrogen-bond acceptors (Lipinski definition) is 6. The summed E-state index contributed by atoms with van der Waals surface area (Å²) < 4.78 is 11.4. The third-order valence-corrected chi connectivity index (χ3v) is 8.37. The highest BCUT2D eigenvalue weighted by molar-refractivity contribution is 5.96. The first-order valence-electron chi connectivity index (χ1n) is 13.4. The quantitative estimate of drug-likeness (QED) is 0.325. The van der Waals surface area contributed by atoms with Crippen LogP contribution in [0.15, 0.2) is 84.1 Å². The van der Waals surface area contributed by atoms with Crippen molar-refractivity contribution in [3.8, 4) is 23.8 Å². The van der Waals surface area contributed by atoms with E-state index in [4.69, 9.17) is 15.9 Å². The van der Waals surface area contributed by atoms with E-state index in [1.165, 1.54) is 0 Å². The number of fused-ring (bicyclic) bond motifs is 1. The number of ketones is 1. The van der Waals surface area contributed by atoms with Gasteiger partial charge in [0.05, 0.1) is 18.6 Å². The van der Waals surface area contributed by atoms with Gasteiger partial charge in [-0.3, -0.25) is 4.79 Å². The molecule has 1 heterocycles. The van der Waals surface area contributed by atoms with Gasteiger partial charge in [0.25, 0.3) is 0 Å². The fourth-order valence-corrected chi connectivity index (χ4v) is 6.56. The zero-order chi connectivity index (χ0) is 28.4. The third-order valence-electron chi connectivity index (χ3n) is 8.37. The second-order valence-electron chi connectivity index (χ2n) is 10.7. The first-order valence-corrected chi connectivity index (χ1v) is 13.4. The average molecular weight is 536 g/mol. The maximum Gasteiger partial charge on any atom is 0.337 e. The van der Waals surface area contributed by atoms with E-state index >= 15 is 0 Å². The van der Waals surface area contributed by atoms with Crippen molar-refractivity contribution in [1.82, 2.24) is 5.32 Å². The van der Waals surface area contributed by atoms with Gasteiger partial charge in [-0.2, -0.15) is 0 Å². The van der Waals surface area contributed by atoms with Gasteiger partial charge in [-0.25, -0.2) is 4.79 Å². The number of terminal acetylenes is 1. The van der Waals surface area contributed by atoms with E-state index in [2.05, 4.69) is 11.2 Å². The van der Waals surface area contributed by atoms with Crippen molar-refractivity contribution in [2.45, 2.75) is 50.7 Å².